The summed E-state index contributed by atoms with van der Waals surface area (Å²) >= 11 is 0. The highest BCUT2D eigenvalue weighted by molar-refractivity contribution is 5.93. The first-order valence-corrected chi connectivity index (χ1v) is 8.36. The Labute approximate surface area is 136 Å². The normalized spacial score (nSPS) is 26.1. The summed E-state index contributed by atoms with van der Waals surface area (Å²) in [7, 11) is 0. The van der Waals surface area contributed by atoms with Gasteiger partial charge in [0.2, 0.25) is 5.91 Å². The van der Waals surface area contributed by atoms with Crippen LogP contribution in [0.4, 0.5) is 0 Å². The Bertz CT molecular complexity index is 563. The van der Waals surface area contributed by atoms with Gasteiger partial charge in [0.1, 0.15) is 0 Å². The third-order valence-corrected chi connectivity index (χ3v) is 5.04. The van der Waals surface area contributed by atoms with E-state index in [4.69, 9.17) is 5.73 Å². The van der Waals surface area contributed by atoms with Gasteiger partial charge in [-0.1, -0.05) is 0 Å². The summed E-state index contributed by atoms with van der Waals surface area (Å²) in [5.74, 6) is 1.12. The average Bonchev–Trinajstić information content (AvgIpc) is 3.14. The Morgan fingerprint density at radius 1 is 1.35 bits per heavy atom. The molecule has 1 aromatic heterocycles. The third-order valence-electron chi connectivity index (χ3n) is 5.04. The van der Waals surface area contributed by atoms with Crippen molar-refractivity contribution in [2.24, 2.45) is 17.6 Å². The highest BCUT2D eigenvalue weighted by Crippen LogP contribution is 2.37. The van der Waals surface area contributed by atoms with E-state index in [1.165, 1.54) is 6.20 Å². The minimum Gasteiger partial charge on any atom is -0.352 e. The summed E-state index contributed by atoms with van der Waals surface area (Å²) in [5, 5.41) is 2.82. The minimum absolute atomic E-state index is 0.146. The Morgan fingerprint density at radius 2 is 2.22 bits per heavy atom. The first-order valence-electron chi connectivity index (χ1n) is 8.36. The minimum atomic E-state index is -0.146. The molecular weight excluding hydrogens is 292 g/mol. The van der Waals surface area contributed by atoms with Crippen molar-refractivity contribution < 1.29 is 9.59 Å². The van der Waals surface area contributed by atoms with Gasteiger partial charge >= 0.3 is 0 Å². The number of aromatic nitrogens is 1. The average molecular weight is 316 g/mol. The summed E-state index contributed by atoms with van der Waals surface area (Å²) in [5.41, 5.74) is 6.64. The zero-order valence-electron chi connectivity index (χ0n) is 13.3. The summed E-state index contributed by atoms with van der Waals surface area (Å²) in [6, 6.07) is 3.71. The number of nitrogens with one attached hydrogen (secondary N) is 1. The molecule has 3 atom stereocenters. The van der Waals surface area contributed by atoms with Gasteiger partial charge in [-0.2, -0.15) is 0 Å². The molecule has 0 bridgehead atoms. The lowest BCUT2D eigenvalue weighted by Gasteiger charge is -2.18. The maximum Gasteiger partial charge on any atom is 0.252 e. The molecule has 1 saturated carbocycles. The maximum atomic E-state index is 12.3. The molecule has 124 valence electrons. The fraction of sp³-hybridized carbons (Fsp3) is 0.588. The van der Waals surface area contributed by atoms with Crippen LogP contribution in [0.15, 0.2) is 24.5 Å². The van der Waals surface area contributed by atoms with Crippen LogP contribution in [0.1, 0.15) is 36.0 Å². The van der Waals surface area contributed by atoms with E-state index < -0.39 is 0 Å². The molecule has 2 amide bonds. The number of nitrogens with two attached hydrogens (primary N) is 1. The van der Waals surface area contributed by atoms with Crippen LogP contribution in [0.25, 0.3) is 0 Å². The highest BCUT2D eigenvalue weighted by atomic mass is 16.2. The van der Waals surface area contributed by atoms with E-state index in [9.17, 15) is 9.59 Å². The van der Waals surface area contributed by atoms with Gasteiger partial charge in [0.05, 0.1) is 5.56 Å². The number of carbonyl (C=O) groups is 2. The summed E-state index contributed by atoms with van der Waals surface area (Å²) in [4.78, 5) is 30.0. The van der Waals surface area contributed by atoms with Crippen LogP contribution in [0.5, 0.6) is 0 Å². The molecule has 2 fully saturated rings. The number of rotatable bonds is 5. The van der Waals surface area contributed by atoms with Crippen molar-refractivity contribution in [2.45, 2.75) is 31.7 Å². The zero-order chi connectivity index (χ0) is 16.2. The standard InChI is InChI=1S/C17H24N4O2/c18-15-6-5-13-10-21(11-14(13)15)16(22)4-2-8-20-17(23)12-3-1-7-19-9-12/h1,3,7,9,13-15H,2,4-6,8,10-11,18H2,(H,20,23). The summed E-state index contributed by atoms with van der Waals surface area (Å²) in [6.45, 7) is 2.17. The SMILES string of the molecule is NC1CCC2CN(C(=O)CCCNC(=O)c3cccnc3)CC12. The Hall–Kier alpha value is -1.95. The fourth-order valence-electron chi connectivity index (χ4n) is 3.71. The first-order chi connectivity index (χ1) is 11.1. The summed E-state index contributed by atoms with van der Waals surface area (Å²) < 4.78 is 0. The monoisotopic (exact) mass is 316 g/mol. The van der Waals surface area contributed by atoms with Crippen molar-refractivity contribution in [2.75, 3.05) is 19.6 Å². The van der Waals surface area contributed by atoms with E-state index in [2.05, 4.69) is 10.3 Å². The Kier molecular flexibility index (Phi) is 4.91. The molecule has 1 aliphatic heterocycles. The predicted molar refractivity (Wildman–Crippen MR) is 86.6 cm³/mol. The fourth-order valence-corrected chi connectivity index (χ4v) is 3.71. The van der Waals surface area contributed by atoms with E-state index in [0.29, 0.717) is 36.8 Å². The molecule has 1 aliphatic carbocycles. The molecule has 1 aromatic rings. The quantitative estimate of drug-likeness (QED) is 0.786. The van der Waals surface area contributed by atoms with Crippen molar-refractivity contribution >= 4 is 11.8 Å². The molecule has 3 N–H and O–H groups in total. The number of hydrogen-bond acceptors (Lipinski definition) is 4. The molecule has 3 unspecified atom stereocenters. The number of likely N-dealkylation sites (tertiary alicyclic amines) is 1. The second-order valence-electron chi connectivity index (χ2n) is 6.57. The van der Waals surface area contributed by atoms with Crippen LogP contribution in [-0.2, 0) is 4.79 Å². The number of fused-ring (bicyclic) bond motifs is 1. The van der Waals surface area contributed by atoms with E-state index >= 15 is 0 Å². The lowest BCUT2D eigenvalue weighted by Crippen LogP contribution is -2.34. The number of amides is 2. The van der Waals surface area contributed by atoms with Crippen LogP contribution in [0.3, 0.4) is 0 Å². The van der Waals surface area contributed by atoms with Gasteiger partial charge in [0.25, 0.3) is 5.91 Å². The van der Waals surface area contributed by atoms with Gasteiger partial charge in [-0.05, 0) is 43.2 Å². The molecule has 0 spiro atoms. The van der Waals surface area contributed by atoms with Crippen molar-refractivity contribution in [1.29, 1.82) is 0 Å². The second kappa shape index (κ2) is 7.08. The van der Waals surface area contributed by atoms with Gasteiger partial charge in [-0.25, -0.2) is 0 Å². The number of carbonyl (C=O) groups excluding carboxylic acids is 2. The van der Waals surface area contributed by atoms with Crippen LogP contribution in [-0.4, -0.2) is 47.4 Å². The van der Waals surface area contributed by atoms with Gasteiger partial charge in [0, 0.05) is 44.5 Å². The maximum absolute atomic E-state index is 12.3. The lowest BCUT2D eigenvalue weighted by atomic mass is 9.98. The number of pyridine rings is 1. The van der Waals surface area contributed by atoms with Crippen LogP contribution in [0, 0.1) is 11.8 Å². The molecule has 3 rings (SSSR count). The smallest absolute Gasteiger partial charge is 0.252 e. The number of hydrogen-bond donors (Lipinski definition) is 2. The van der Waals surface area contributed by atoms with E-state index in [-0.39, 0.29) is 17.9 Å². The van der Waals surface area contributed by atoms with Gasteiger partial charge in [-0.3, -0.25) is 14.6 Å². The van der Waals surface area contributed by atoms with Gasteiger partial charge in [-0.15, -0.1) is 0 Å². The van der Waals surface area contributed by atoms with Crippen LogP contribution in [0.2, 0.25) is 0 Å². The van der Waals surface area contributed by atoms with E-state index in [0.717, 1.165) is 25.9 Å². The Balaban J connectivity index is 1.36. The predicted octanol–water partition coefficient (Wildman–Crippen LogP) is 0.787. The summed E-state index contributed by atoms with van der Waals surface area (Å²) in [6.07, 6.45) is 6.54. The largest absolute Gasteiger partial charge is 0.352 e. The van der Waals surface area contributed by atoms with Crippen molar-refractivity contribution in [1.82, 2.24) is 15.2 Å². The zero-order valence-corrected chi connectivity index (χ0v) is 13.3. The molecule has 23 heavy (non-hydrogen) atoms. The second-order valence-corrected chi connectivity index (χ2v) is 6.57. The molecule has 2 heterocycles. The Morgan fingerprint density at radius 3 is 2.96 bits per heavy atom. The van der Waals surface area contributed by atoms with E-state index in [1.54, 1.807) is 18.3 Å². The van der Waals surface area contributed by atoms with Crippen LogP contribution < -0.4 is 11.1 Å². The van der Waals surface area contributed by atoms with E-state index in [1.807, 2.05) is 4.90 Å². The van der Waals surface area contributed by atoms with Gasteiger partial charge in [0.15, 0.2) is 0 Å². The highest BCUT2D eigenvalue weighted by Gasteiger charge is 2.42. The lowest BCUT2D eigenvalue weighted by molar-refractivity contribution is -0.130. The molecule has 6 heteroatoms. The first kappa shape index (κ1) is 15.9. The molecule has 1 saturated heterocycles. The number of nitrogens with zero attached hydrogens (tertiary/aromatic N) is 2. The molecule has 6 nitrogen and oxygen atoms in total. The van der Waals surface area contributed by atoms with Crippen molar-refractivity contribution in [3.05, 3.63) is 30.1 Å². The topological polar surface area (TPSA) is 88.3 Å². The molecular formula is C17H24N4O2. The third kappa shape index (κ3) is 3.69. The van der Waals surface area contributed by atoms with Crippen molar-refractivity contribution in [3.63, 3.8) is 0 Å². The van der Waals surface area contributed by atoms with Crippen molar-refractivity contribution in [3.8, 4) is 0 Å². The molecule has 2 aliphatic rings. The van der Waals surface area contributed by atoms with Gasteiger partial charge < -0.3 is 16.0 Å². The molecule has 0 aromatic carbocycles. The molecule has 0 radical (unpaired) electrons. The van der Waals surface area contributed by atoms with Crippen LogP contribution >= 0.6 is 0 Å².